The molecular formula is C22H29NO2. The fourth-order valence-electron chi connectivity index (χ4n) is 6.94. The molecule has 3 heteroatoms. The Kier molecular flexibility index (Phi) is 3.54. The first-order valence-electron chi connectivity index (χ1n) is 10.1. The maximum Gasteiger partial charge on any atom is 0.226 e. The summed E-state index contributed by atoms with van der Waals surface area (Å²) in [6.07, 6.45) is 6.30. The van der Waals surface area contributed by atoms with E-state index in [1.165, 1.54) is 18.4 Å². The number of benzene rings is 1. The highest BCUT2D eigenvalue weighted by atomic mass is 16.3. The van der Waals surface area contributed by atoms with E-state index in [1.807, 2.05) is 6.07 Å². The molecule has 5 fully saturated rings. The van der Waals surface area contributed by atoms with E-state index in [1.54, 1.807) is 0 Å². The molecule has 0 radical (unpaired) electrons. The summed E-state index contributed by atoms with van der Waals surface area (Å²) in [4.78, 5) is 15.5. The Bertz CT molecular complexity index is 656. The standard InChI is InChI=1S/C22H29NO2/c1-14(16-5-3-2-4-6-16)19-7-8-23(21(19)24)20-17-9-15-10-18(20)13-22(25,11-15)12-17/h2-6,14-15,17-20,25H,7-13H2,1H3. The summed E-state index contributed by atoms with van der Waals surface area (Å²) >= 11 is 0. The number of nitrogens with zero attached hydrogens (tertiary/aromatic N) is 1. The second kappa shape index (κ2) is 5.57. The second-order valence-corrected chi connectivity index (χ2v) is 9.31. The zero-order chi connectivity index (χ0) is 17.2. The van der Waals surface area contributed by atoms with E-state index in [0.29, 0.717) is 35.6 Å². The largest absolute Gasteiger partial charge is 0.390 e. The third-order valence-corrected chi connectivity index (χ3v) is 7.76. The number of rotatable bonds is 3. The summed E-state index contributed by atoms with van der Waals surface area (Å²) in [5.74, 6) is 2.57. The number of hydrogen-bond acceptors (Lipinski definition) is 2. The smallest absolute Gasteiger partial charge is 0.226 e. The van der Waals surface area contributed by atoms with Crippen molar-refractivity contribution in [3.8, 4) is 0 Å². The molecule has 3 nitrogen and oxygen atoms in total. The number of amides is 1. The van der Waals surface area contributed by atoms with Gasteiger partial charge in [-0.15, -0.1) is 0 Å². The Morgan fingerprint density at radius 2 is 1.80 bits per heavy atom. The molecule has 0 aromatic heterocycles. The van der Waals surface area contributed by atoms with E-state index >= 15 is 0 Å². The molecule has 134 valence electrons. The first-order valence-corrected chi connectivity index (χ1v) is 10.1. The van der Waals surface area contributed by atoms with Crippen molar-refractivity contribution in [2.24, 2.45) is 23.7 Å². The highest BCUT2D eigenvalue weighted by Gasteiger charge is 2.57. The molecule has 0 spiro atoms. The summed E-state index contributed by atoms with van der Waals surface area (Å²) in [5.41, 5.74) is 0.870. The van der Waals surface area contributed by atoms with Gasteiger partial charge in [-0.2, -0.15) is 0 Å². The Morgan fingerprint density at radius 3 is 2.44 bits per heavy atom. The van der Waals surface area contributed by atoms with Gasteiger partial charge in [0.2, 0.25) is 5.91 Å². The lowest BCUT2D eigenvalue weighted by Gasteiger charge is -2.59. The number of aliphatic hydroxyl groups is 1. The van der Waals surface area contributed by atoms with E-state index in [4.69, 9.17) is 0 Å². The molecule has 4 saturated carbocycles. The lowest BCUT2D eigenvalue weighted by Crippen LogP contribution is -2.62. The molecule has 1 amide bonds. The molecule has 1 aromatic rings. The van der Waals surface area contributed by atoms with Crippen LogP contribution in [0.5, 0.6) is 0 Å². The first-order chi connectivity index (χ1) is 12.0. The molecule has 25 heavy (non-hydrogen) atoms. The Labute approximate surface area is 150 Å². The van der Waals surface area contributed by atoms with Crippen molar-refractivity contribution in [2.75, 3.05) is 6.54 Å². The molecule has 5 aliphatic rings. The molecule has 1 heterocycles. The van der Waals surface area contributed by atoms with Gasteiger partial charge in [-0.1, -0.05) is 37.3 Å². The van der Waals surface area contributed by atoms with Gasteiger partial charge in [-0.3, -0.25) is 4.79 Å². The van der Waals surface area contributed by atoms with E-state index in [2.05, 4.69) is 36.1 Å². The van der Waals surface area contributed by atoms with E-state index < -0.39 is 5.60 Å². The van der Waals surface area contributed by atoms with Crippen LogP contribution in [0.4, 0.5) is 0 Å². The molecule has 1 N–H and O–H groups in total. The van der Waals surface area contributed by atoms with Crippen LogP contribution in [0, 0.1) is 23.7 Å². The fraction of sp³-hybridized carbons (Fsp3) is 0.682. The van der Waals surface area contributed by atoms with Gasteiger partial charge in [-0.25, -0.2) is 0 Å². The van der Waals surface area contributed by atoms with Crippen LogP contribution in [0.3, 0.4) is 0 Å². The zero-order valence-corrected chi connectivity index (χ0v) is 15.1. The molecule has 4 atom stereocenters. The van der Waals surface area contributed by atoms with Crippen LogP contribution in [-0.2, 0) is 4.79 Å². The third-order valence-electron chi connectivity index (χ3n) is 7.76. The van der Waals surface area contributed by atoms with Crippen molar-refractivity contribution >= 4 is 5.91 Å². The van der Waals surface area contributed by atoms with Gasteiger partial charge in [0.1, 0.15) is 0 Å². The van der Waals surface area contributed by atoms with Gasteiger partial charge in [-0.05, 0) is 67.8 Å². The van der Waals surface area contributed by atoms with Gasteiger partial charge >= 0.3 is 0 Å². The van der Waals surface area contributed by atoms with Gasteiger partial charge in [0.05, 0.1) is 5.60 Å². The highest BCUT2D eigenvalue weighted by molar-refractivity contribution is 5.82. The first kappa shape index (κ1) is 15.9. The summed E-state index contributed by atoms with van der Waals surface area (Å²) in [5, 5.41) is 10.8. The molecule has 6 rings (SSSR count). The van der Waals surface area contributed by atoms with Crippen molar-refractivity contribution in [2.45, 2.75) is 63.0 Å². The molecular weight excluding hydrogens is 310 g/mol. The molecule has 4 aliphatic carbocycles. The van der Waals surface area contributed by atoms with Gasteiger partial charge in [0, 0.05) is 18.5 Å². The van der Waals surface area contributed by atoms with Gasteiger partial charge < -0.3 is 10.0 Å². The number of carbonyl (C=O) groups excluding carboxylic acids is 1. The summed E-state index contributed by atoms with van der Waals surface area (Å²) < 4.78 is 0. The minimum atomic E-state index is -0.410. The van der Waals surface area contributed by atoms with Crippen molar-refractivity contribution in [3.05, 3.63) is 35.9 Å². The highest BCUT2D eigenvalue weighted by Crippen LogP contribution is 2.57. The lowest BCUT2D eigenvalue weighted by molar-refractivity contribution is -0.168. The zero-order valence-electron chi connectivity index (χ0n) is 15.1. The predicted octanol–water partition coefficient (Wildman–Crippen LogP) is 3.58. The average Bonchev–Trinajstić information content (AvgIpc) is 2.95. The fourth-order valence-corrected chi connectivity index (χ4v) is 6.94. The molecule has 1 aromatic carbocycles. The van der Waals surface area contributed by atoms with Crippen molar-refractivity contribution in [3.63, 3.8) is 0 Å². The minimum absolute atomic E-state index is 0.127. The van der Waals surface area contributed by atoms with E-state index in [-0.39, 0.29) is 5.92 Å². The van der Waals surface area contributed by atoms with Gasteiger partial charge in [0.25, 0.3) is 0 Å². The predicted molar refractivity (Wildman–Crippen MR) is 97.0 cm³/mol. The maximum atomic E-state index is 13.3. The molecule has 1 aliphatic heterocycles. The van der Waals surface area contributed by atoms with Crippen LogP contribution >= 0.6 is 0 Å². The number of carbonyl (C=O) groups is 1. The van der Waals surface area contributed by atoms with Crippen LogP contribution in [0.1, 0.15) is 56.9 Å². The van der Waals surface area contributed by atoms with E-state index in [9.17, 15) is 9.90 Å². The Hall–Kier alpha value is -1.35. The maximum absolute atomic E-state index is 13.3. The SMILES string of the molecule is CC(c1ccccc1)C1CCN(C2C3CC4CC2CC(O)(C4)C3)C1=O. The Balaban J connectivity index is 1.36. The minimum Gasteiger partial charge on any atom is -0.390 e. The van der Waals surface area contributed by atoms with Crippen molar-refractivity contribution in [1.82, 2.24) is 4.90 Å². The summed E-state index contributed by atoms with van der Waals surface area (Å²) in [6.45, 7) is 3.13. The summed E-state index contributed by atoms with van der Waals surface area (Å²) in [6, 6.07) is 10.9. The van der Waals surface area contributed by atoms with Crippen LogP contribution in [0.2, 0.25) is 0 Å². The van der Waals surface area contributed by atoms with Crippen LogP contribution in [0.15, 0.2) is 30.3 Å². The molecule has 1 saturated heterocycles. The normalized spacial score (nSPS) is 43.7. The van der Waals surface area contributed by atoms with Gasteiger partial charge in [0.15, 0.2) is 0 Å². The monoisotopic (exact) mass is 339 g/mol. The van der Waals surface area contributed by atoms with Crippen molar-refractivity contribution in [1.29, 1.82) is 0 Å². The van der Waals surface area contributed by atoms with Crippen LogP contribution < -0.4 is 0 Å². The lowest BCUT2D eigenvalue weighted by atomic mass is 9.52. The quantitative estimate of drug-likeness (QED) is 0.914. The molecule has 4 bridgehead atoms. The summed E-state index contributed by atoms with van der Waals surface area (Å²) in [7, 11) is 0. The number of likely N-dealkylation sites (tertiary alicyclic amines) is 1. The average molecular weight is 339 g/mol. The number of hydrogen-bond donors (Lipinski definition) is 1. The Morgan fingerprint density at radius 1 is 1.12 bits per heavy atom. The van der Waals surface area contributed by atoms with E-state index in [0.717, 1.165) is 32.2 Å². The molecule has 4 unspecified atom stereocenters. The van der Waals surface area contributed by atoms with Crippen molar-refractivity contribution < 1.29 is 9.90 Å². The van der Waals surface area contributed by atoms with Crippen LogP contribution in [0.25, 0.3) is 0 Å². The topological polar surface area (TPSA) is 40.5 Å². The second-order valence-electron chi connectivity index (χ2n) is 9.31. The van der Waals surface area contributed by atoms with Crippen LogP contribution in [-0.4, -0.2) is 34.1 Å². The third kappa shape index (κ3) is 2.46.